The molecule has 0 bridgehead atoms. The third-order valence-corrected chi connectivity index (χ3v) is 3.80. The van der Waals surface area contributed by atoms with Gasteiger partial charge in [0.15, 0.2) is 0 Å². The van der Waals surface area contributed by atoms with Gasteiger partial charge in [0.2, 0.25) is 11.8 Å². The lowest BCUT2D eigenvalue weighted by atomic mass is 10.1. The van der Waals surface area contributed by atoms with E-state index in [4.69, 9.17) is 9.15 Å². The average molecular weight is 337 g/mol. The molecule has 0 N–H and O–H groups in total. The molecule has 25 heavy (non-hydrogen) atoms. The molecule has 3 rings (SSSR count). The fraction of sp³-hybridized carbons (Fsp3) is 0.211. The zero-order chi connectivity index (χ0) is 17.8. The first-order valence-corrected chi connectivity index (χ1v) is 7.86. The quantitative estimate of drug-likeness (QED) is 0.714. The number of benzene rings is 2. The Morgan fingerprint density at radius 1 is 1.16 bits per heavy atom. The van der Waals surface area contributed by atoms with E-state index in [0.717, 1.165) is 11.1 Å². The van der Waals surface area contributed by atoms with E-state index in [1.807, 2.05) is 31.2 Å². The van der Waals surface area contributed by atoms with Crippen LogP contribution in [-0.4, -0.2) is 35.2 Å². The molecule has 0 aliphatic heterocycles. The van der Waals surface area contributed by atoms with Gasteiger partial charge in [0, 0.05) is 18.2 Å². The summed E-state index contributed by atoms with van der Waals surface area (Å²) in [5, 5.41) is 8.08. The van der Waals surface area contributed by atoms with Gasteiger partial charge in [-0.1, -0.05) is 23.8 Å². The molecule has 0 unspecified atom stereocenters. The number of hydrogen-bond donors (Lipinski definition) is 0. The van der Waals surface area contributed by atoms with Gasteiger partial charge >= 0.3 is 0 Å². The van der Waals surface area contributed by atoms with Gasteiger partial charge in [0.05, 0.1) is 13.7 Å². The highest BCUT2D eigenvalue weighted by molar-refractivity contribution is 5.94. The maximum Gasteiger partial charge on any atom is 0.254 e. The Morgan fingerprint density at radius 2 is 1.92 bits per heavy atom. The minimum Gasteiger partial charge on any atom is -0.497 e. The van der Waals surface area contributed by atoms with Crippen LogP contribution in [0.2, 0.25) is 0 Å². The Bertz CT molecular complexity index is 872. The van der Waals surface area contributed by atoms with Crippen molar-refractivity contribution < 1.29 is 13.9 Å². The number of carbonyl (C=O) groups excluding carboxylic acids is 1. The van der Waals surface area contributed by atoms with E-state index in [-0.39, 0.29) is 12.5 Å². The molecular weight excluding hydrogens is 318 g/mol. The number of methoxy groups -OCH3 is 1. The Balaban J connectivity index is 1.71. The van der Waals surface area contributed by atoms with Crippen molar-refractivity contribution in [1.82, 2.24) is 15.1 Å². The lowest BCUT2D eigenvalue weighted by Crippen LogP contribution is -2.26. The molecule has 6 heteroatoms. The first-order valence-electron chi connectivity index (χ1n) is 7.86. The highest BCUT2D eigenvalue weighted by Crippen LogP contribution is 2.19. The predicted octanol–water partition coefficient (Wildman–Crippen LogP) is 3.33. The first kappa shape index (κ1) is 16.7. The van der Waals surface area contributed by atoms with E-state index >= 15 is 0 Å². The lowest BCUT2D eigenvalue weighted by Gasteiger charge is -2.15. The van der Waals surface area contributed by atoms with Gasteiger partial charge in [-0.3, -0.25) is 4.79 Å². The Hall–Kier alpha value is -3.15. The van der Waals surface area contributed by atoms with Gasteiger partial charge in [0.1, 0.15) is 5.75 Å². The van der Waals surface area contributed by atoms with Crippen LogP contribution in [-0.2, 0) is 6.54 Å². The zero-order valence-electron chi connectivity index (χ0n) is 14.4. The van der Waals surface area contributed by atoms with E-state index in [9.17, 15) is 4.79 Å². The van der Waals surface area contributed by atoms with Gasteiger partial charge in [-0.05, 0) is 37.3 Å². The molecule has 3 aromatic rings. The van der Waals surface area contributed by atoms with Crippen LogP contribution in [0.25, 0.3) is 11.5 Å². The summed E-state index contributed by atoms with van der Waals surface area (Å²) in [6, 6.07) is 14.8. The normalized spacial score (nSPS) is 10.5. The largest absolute Gasteiger partial charge is 0.497 e. The summed E-state index contributed by atoms with van der Waals surface area (Å²) in [5.74, 6) is 1.32. The predicted molar refractivity (Wildman–Crippen MR) is 93.3 cm³/mol. The molecule has 1 amide bonds. The molecule has 128 valence electrons. The summed E-state index contributed by atoms with van der Waals surface area (Å²) in [6.07, 6.45) is 0. The maximum atomic E-state index is 12.5. The molecule has 0 saturated carbocycles. The number of nitrogens with zero attached hydrogens (tertiary/aromatic N) is 3. The molecule has 0 saturated heterocycles. The van der Waals surface area contributed by atoms with Gasteiger partial charge in [-0.2, -0.15) is 0 Å². The molecule has 6 nitrogen and oxygen atoms in total. The van der Waals surface area contributed by atoms with Crippen LogP contribution in [0.1, 0.15) is 21.8 Å². The van der Waals surface area contributed by atoms with Gasteiger partial charge in [-0.15, -0.1) is 10.2 Å². The van der Waals surface area contributed by atoms with Crippen molar-refractivity contribution in [2.24, 2.45) is 0 Å². The number of aromatic nitrogens is 2. The van der Waals surface area contributed by atoms with Crippen molar-refractivity contribution >= 4 is 5.91 Å². The number of aryl methyl sites for hydroxylation is 1. The minimum absolute atomic E-state index is 0.144. The Labute approximate surface area is 146 Å². The molecule has 1 aromatic heterocycles. The van der Waals surface area contributed by atoms with Crippen LogP contribution >= 0.6 is 0 Å². The molecular formula is C19H19N3O3. The number of carbonyl (C=O) groups is 1. The van der Waals surface area contributed by atoms with Crippen molar-refractivity contribution in [3.63, 3.8) is 0 Å². The summed E-state index contributed by atoms with van der Waals surface area (Å²) in [4.78, 5) is 14.0. The molecule has 0 atom stereocenters. The first-order chi connectivity index (χ1) is 12.1. The van der Waals surface area contributed by atoms with Crippen molar-refractivity contribution in [2.75, 3.05) is 14.2 Å². The van der Waals surface area contributed by atoms with E-state index in [0.29, 0.717) is 23.1 Å². The van der Waals surface area contributed by atoms with Crippen molar-refractivity contribution in [3.05, 3.63) is 65.5 Å². The van der Waals surface area contributed by atoms with Crippen LogP contribution in [0, 0.1) is 6.92 Å². The molecule has 0 aliphatic carbocycles. The van der Waals surface area contributed by atoms with Crippen LogP contribution in [0.3, 0.4) is 0 Å². The number of hydrogen-bond acceptors (Lipinski definition) is 5. The summed E-state index contributed by atoms with van der Waals surface area (Å²) in [6.45, 7) is 2.25. The fourth-order valence-electron chi connectivity index (χ4n) is 2.38. The van der Waals surface area contributed by atoms with Crippen molar-refractivity contribution in [2.45, 2.75) is 13.5 Å². The fourth-order valence-corrected chi connectivity index (χ4v) is 2.38. The zero-order valence-corrected chi connectivity index (χ0v) is 14.4. The van der Waals surface area contributed by atoms with Crippen molar-refractivity contribution in [3.8, 4) is 17.2 Å². The third kappa shape index (κ3) is 3.85. The van der Waals surface area contributed by atoms with Gasteiger partial charge in [0.25, 0.3) is 5.91 Å². The standard InChI is InChI=1S/C19H19N3O3/c1-13-7-9-14(10-8-13)18-21-20-17(25-18)12-22(2)19(23)15-5-4-6-16(11-15)24-3/h4-11H,12H2,1-3H3. The third-order valence-electron chi connectivity index (χ3n) is 3.80. The monoisotopic (exact) mass is 337 g/mol. The number of amides is 1. The molecule has 1 heterocycles. The molecule has 0 aliphatic rings. The molecule has 0 spiro atoms. The van der Waals surface area contributed by atoms with Crippen LogP contribution in [0.15, 0.2) is 52.9 Å². The Morgan fingerprint density at radius 3 is 2.64 bits per heavy atom. The second-order valence-electron chi connectivity index (χ2n) is 5.76. The molecule has 0 radical (unpaired) electrons. The van der Waals surface area contributed by atoms with E-state index in [1.54, 1.807) is 38.4 Å². The topological polar surface area (TPSA) is 68.5 Å². The van der Waals surface area contributed by atoms with Crippen LogP contribution < -0.4 is 4.74 Å². The maximum absolute atomic E-state index is 12.5. The second kappa shape index (κ2) is 7.17. The van der Waals surface area contributed by atoms with Gasteiger partial charge in [-0.25, -0.2) is 0 Å². The SMILES string of the molecule is COc1cccc(C(=O)N(C)Cc2nnc(-c3ccc(C)cc3)o2)c1. The molecule has 2 aromatic carbocycles. The van der Waals surface area contributed by atoms with Crippen molar-refractivity contribution in [1.29, 1.82) is 0 Å². The number of ether oxygens (including phenoxy) is 1. The van der Waals surface area contributed by atoms with E-state index in [2.05, 4.69) is 10.2 Å². The van der Waals surface area contributed by atoms with E-state index in [1.165, 1.54) is 4.90 Å². The second-order valence-corrected chi connectivity index (χ2v) is 5.76. The van der Waals surface area contributed by atoms with Crippen LogP contribution in [0.4, 0.5) is 0 Å². The smallest absolute Gasteiger partial charge is 0.254 e. The Kier molecular flexibility index (Phi) is 4.79. The van der Waals surface area contributed by atoms with Gasteiger partial charge < -0.3 is 14.1 Å². The highest BCUT2D eigenvalue weighted by atomic mass is 16.5. The average Bonchev–Trinajstić information content (AvgIpc) is 3.10. The van der Waals surface area contributed by atoms with E-state index < -0.39 is 0 Å². The summed E-state index contributed by atoms with van der Waals surface area (Å²) in [5.41, 5.74) is 2.55. The minimum atomic E-state index is -0.144. The summed E-state index contributed by atoms with van der Waals surface area (Å²) >= 11 is 0. The summed E-state index contributed by atoms with van der Waals surface area (Å²) in [7, 11) is 3.26. The highest BCUT2D eigenvalue weighted by Gasteiger charge is 2.16. The molecule has 0 fully saturated rings. The lowest BCUT2D eigenvalue weighted by molar-refractivity contribution is 0.0772. The van der Waals surface area contributed by atoms with Crippen LogP contribution in [0.5, 0.6) is 5.75 Å². The number of rotatable bonds is 5. The summed E-state index contributed by atoms with van der Waals surface area (Å²) < 4.78 is 10.8.